The van der Waals surface area contributed by atoms with Crippen LogP contribution in [0, 0.1) is 5.41 Å². The maximum Gasteiger partial charge on any atom is 0.151 e. The SMILES string of the molecule is CCNC(CS(=O)(=O)CC)C(C)(C)C. The minimum absolute atomic E-state index is 0.0156. The van der Waals surface area contributed by atoms with Crippen LogP contribution in [-0.2, 0) is 9.84 Å². The normalized spacial score (nSPS) is 15.5. The van der Waals surface area contributed by atoms with Crippen LogP contribution in [-0.4, -0.2) is 32.5 Å². The Morgan fingerprint density at radius 2 is 1.71 bits per heavy atom. The molecule has 14 heavy (non-hydrogen) atoms. The van der Waals surface area contributed by atoms with Crippen LogP contribution in [0.2, 0.25) is 0 Å². The Morgan fingerprint density at radius 1 is 1.21 bits per heavy atom. The minimum atomic E-state index is -2.89. The van der Waals surface area contributed by atoms with Crippen molar-refractivity contribution in [2.75, 3.05) is 18.1 Å². The van der Waals surface area contributed by atoms with Gasteiger partial charge in [-0.1, -0.05) is 34.6 Å². The molecule has 4 heteroatoms. The molecule has 0 aliphatic heterocycles. The topological polar surface area (TPSA) is 46.2 Å². The molecule has 86 valence electrons. The molecular weight excluding hydrogens is 198 g/mol. The Balaban J connectivity index is 4.55. The van der Waals surface area contributed by atoms with E-state index in [9.17, 15) is 8.42 Å². The molecule has 0 rings (SSSR count). The van der Waals surface area contributed by atoms with E-state index in [-0.39, 0.29) is 23.0 Å². The summed E-state index contributed by atoms with van der Waals surface area (Å²) >= 11 is 0. The zero-order valence-corrected chi connectivity index (χ0v) is 10.7. The molecule has 0 saturated carbocycles. The highest BCUT2D eigenvalue weighted by molar-refractivity contribution is 7.91. The van der Waals surface area contributed by atoms with Crippen LogP contribution in [0.5, 0.6) is 0 Å². The fraction of sp³-hybridized carbons (Fsp3) is 1.00. The summed E-state index contributed by atoms with van der Waals surface area (Å²) in [5, 5.41) is 3.23. The summed E-state index contributed by atoms with van der Waals surface area (Å²) < 4.78 is 23.0. The first kappa shape index (κ1) is 13.9. The molecule has 0 radical (unpaired) electrons. The largest absolute Gasteiger partial charge is 0.313 e. The Labute approximate surface area is 88.2 Å². The van der Waals surface area contributed by atoms with Crippen molar-refractivity contribution >= 4 is 9.84 Å². The second kappa shape index (κ2) is 5.12. The highest BCUT2D eigenvalue weighted by Crippen LogP contribution is 2.20. The number of sulfone groups is 1. The predicted molar refractivity (Wildman–Crippen MR) is 61.2 cm³/mol. The molecule has 0 aromatic rings. The smallest absolute Gasteiger partial charge is 0.151 e. The van der Waals surface area contributed by atoms with E-state index < -0.39 is 9.84 Å². The fourth-order valence-electron chi connectivity index (χ4n) is 1.23. The first-order valence-electron chi connectivity index (χ1n) is 5.16. The van der Waals surface area contributed by atoms with E-state index in [0.717, 1.165) is 6.54 Å². The van der Waals surface area contributed by atoms with Crippen LogP contribution in [0.3, 0.4) is 0 Å². The van der Waals surface area contributed by atoms with Gasteiger partial charge in [0.15, 0.2) is 9.84 Å². The van der Waals surface area contributed by atoms with Crippen LogP contribution in [0.25, 0.3) is 0 Å². The first-order chi connectivity index (χ1) is 6.23. The summed E-state index contributed by atoms with van der Waals surface area (Å²) in [5.74, 6) is 0.464. The summed E-state index contributed by atoms with van der Waals surface area (Å²) in [6, 6.07) is 0.0393. The molecule has 0 aliphatic carbocycles. The molecule has 1 N–H and O–H groups in total. The molecule has 0 aliphatic rings. The van der Waals surface area contributed by atoms with Gasteiger partial charge in [-0.3, -0.25) is 0 Å². The van der Waals surface area contributed by atoms with Crippen molar-refractivity contribution in [3.05, 3.63) is 0 Å². The van der Waals surface area contributed by atoms with E-state index in [1.807, 2.05) is 6.92 Å². The Bertz CT molecular complexity index is 252. The summed E-state index contributed by atoms with van der Waals surface area (Å²) in [4.78, 5) is 0. The van der Waals surface area contributed by atoms with Gasteiger partial charge >= 0.3 is 0 Å². The second-order valence-corrected chi connectivity index (χ2v) is 7.07. The van der Waals surface area contributed by atoms with Gasteiger partial charge in [0, 0.05) is 11.8 Å². The van der Waals surface area contributed by atoms with Gasteiger partial charge in [-0.25, -0.2) is 8.42 Å². The standard InChI is InChI=1S/C10H23NO2S/c1-6-11-9(10(3,4)5)8-14(12,13)7-2/h9,11H,6-8H2,1-5H3. The van der Waals surface area contributed by atoms with Gasteiger partial charge in [-0.15, -0.1) is 0 Å². The second-order valence-electron chi connectivity index (χ2n) is 4.68. The van der Waals surface area contributed by atoms with Crippen molar-refractivity contribution in [3.8, 4) is 0 Å². The Morgan fingerprint density at radius 3 is 2.00 bits per heavy atom. The number of hydrogen-bond acceptors (Lipinski definition) is 3. The summed E-state index contributed by atoms with van der Waals surface area (Å²) in [5.41, 5.74) is -0.0156. The number of rotatable bonds is 5. The highest BCUT2D eigenvalue weighted by atomic mass is 32.2. The van der Waals surface area contributed by atoms with Gasteiger partial charge in [0.05, 0.1) is 5.75 Å². The fourth-order valence-corrected chi connectivity index (χ4v) is 2.59. The average Bonchev–Trinajstić information content (AvgIpc) is 2.02. The molecule has 0 aromatic heterocycles. The van der Waals surface area contributed by atoms with Crippen LogP contribution in [0.15, 0.2) is 0 Å². The van der Waals surface area contributed by atoms with Crippen LogP contribution in [0.4, 0.5) is 0 Å². The van der Waals surface area contributed by atoms with Crippen molar-refractivity contribution in [1.29, 1.82) is 0 Å². The zero-order valence-electron chi connectivity index (χ0n) is 9.92. The van der Waals surface area contributed by atoms with Gasteiger partial charge in [0.1, 0.15) is 0 Å². The van der Waals surface area contributed by atoms with Crippen LogP contribution < -0.4 is 5.32 Å². The Kier molecular flexibility index (Phi) is 5.09. The highest BCUT2D eigenvalue weighted by Gasteiger charge is 2.27. The van der Waals surface area contributed by atoms with Crippen molar-refractivity contribution in [3.63, 3.8) is 0 Å². The van der Waals surface area contributed by atoms with E-state index in [0.29, 0.717) is 0 Å². The van der Waals surface area contributed by atoms with Crippen molar-refractivity contribution in [1.82, 2.24) is 5.32 Å². The van der Waals surface area contributed by atoms with Crippen molar-refractivity contribution in [2.24, 2.45) is 5.41 Å². The lowest BCUT2D eigenvalue weighted by atomic mass is 9.88. The van der Waals surface area contributed by atoms with Crippen molar-refractivity contribution < 1.29 is 8.42 Å². The monoisotopic (exact) mass is 221 g/mol. The van der Waals surface area contributed by atoms with E-state index in [2.05, 4.69) is 26.1 Å². The van der Waals surface area contributed by atoms with Crippen LogP contribution in [0.1, 0.15) is 34.6 Å². The minimum Gasteiger partial charge on any atom is -0.313 e. The maximum absolute atomic E-state index is 11.5. The summed E-state index contributed by atoms with van der Waals surface area (Å²) in [7, 11) is -2.89. The molecule has 1 atom stereocenters. The lowest BCUT2D eigenvalue weighted by molar-refractivity contribution is 0.292. The first-order valence-corrected chi connectivity index (χ1v) is 6.99. The third-order valence-electron chi connectivity index (χ3n) is 2.36. The molecule has 0 spiro atoms. The number of hydrogen-bond donors (Lipinski definition) is 1. The van der Waals surface area contributed by atoms with Gasteiger partial charge < -0.3 is 5.32 Å². The lowest BCUT2D eigenvalue weighted by Crippen LogP contribution is -2.45. The van der Waals surface area contributed by atoms with Crippen molar-refractivity contribution in [2.45, 2.75) is 40.7 Å². The van der Waals surface area contributed by atoms with E-state index in [4.69, 9.17) is 0 Å². The quantitative estimate of drug-likeness (QED) is 0.764. The van der Waals surface area contributed by atoms with E-state index in [1.165, 1.54) is 0 Å². The van der Waals surface area contributed by atoms with Gasteiger partial charge in [0.25, 0.3) is 0 Å². The Hall–Kier alpha value is -0.0900. The maximum atomic E-state index is 11.5. The third kappa shape index (κ3) is 4.96. The molecule has 0 fully saturated rings. The molecule has 0 aromatic carbocycles. The van der Waals surface area contributed by atoms with E-state index >= 15 is 0 Å². The molecule has 0 heterocycles. The number of nitrogens with one attached hydrogen (secondary N) is 1. The van der Waals surface area contributed by atoms with Gasteiger partial charge in [0.2, 0.25) is 0 Å². The molecule has 3 nitrogen and oxygen atoms in total. The van der Waals surface area contributed by atoms with Gasteiger partial charge in [-0.2, -0.15) is 0 Å². The van der Waals surface area contributed by atoms with E-state index in [1.54, 1.807) is 6.92 Å². The average molecular weight is 221 g/mol. The third-order valence-corrected chi connectivity index (χ3v) is 4.08. The summed E-state index contributed by atoms with van der Waals surface area (Å²) in [6.07, 6.45) is 0. The molecule has 1 unspecified atom stereocenters. The van der Waals surface area contributed by atoms with Gasteiger partial charge in [-0.05, 0) is 12.0 Å². The molecule has 0 saturated heterocycles. The summed E-state index contributed by atoms with van der Waals surface area (Å²) in [6.45, 7) is 10.7. The zero-order chi connectivity index (χ0) is 11.4. The lowest BCUT2D eigenvalue weighted by Gasteiger charge is -2.31. The molecule has 0 bridgehead atoms. The van der Waals surface area contributed by atoms with Crippen LogP contribution >= 0.6 is 0 Å². The molecule has 0 amide bonds. The predicted octanol–water partition coefficient (Wildman–Crippen LogP) is 1.45. The molecular formula is C10H23NO2S.